The van der Waals surface area contributed by atoms with E-state index in [9.17, 15) is 13.6 Å². The van der Waals surface area contributed by atoms with Gasteiger partial charge in [-0.1, -0.05) is 26.3 Å². The summed E-state index contributed by atoms with van der Waals surface area (Å²) >= 11 is 0. The number of hydrogen-bond donors (Lipinski definition) is 1. The van der Waals surface area contributed by atoms with Crippen molar-refractivity contribution in [1.82, 2.24) is 14.9 Å². The van der Waals surface area contributed by atoms with Crippen LogP contribution < -0.4 is 10.2 Å². The van der Waals surface area contributed by atoms with E-state index in [2.05, 4.69) is 28.6 Å². The summed E-state index contributed by atoms with van der Waals surface area (Å²) in [4.78, 5) is 20.6. The SMILES string of the molecule is CCCCN(Cc1ccc(F)c(F)c1)c1nc2n(c1C(=O)NC1CCC(C)CC1)CCCC2. The molecule has 0 saturated heterocycles. The van der Waals surface area contributed by atoms with Crippen molar-refractivity contribution in [3.8, 4) is 0 Å². The van der Waals surface area contributed by atoms with Crippen molar-refractivity contribution in [2.24, 2.45) is 5.92 Å². The molecule has 2 heterocycles. The van der Waals surface area contributed by atoms with Crippen LogP contribution in [-0.4, -0.2) is 28.0 Å². The van der Waals surface area contributed by atoms with E-state index < -0.39 is 11.6 Å². The molecule has 0 spiro atoms. The van der Waals surface area contributed by atoms with E-state index in [1.807, 2.05) is 0 Å². The minimum Gasteiger partial charge on any atom is -0.350 e. The van der Waals surface area contributed by atoms with E-state index in [-0.39, 0.29) is 11.9 Å². The number of unbranched alkanes of at least 4 members (excludes halogenated alkanes) is 1. The molecule has 2 aromatic rings. The Hall–Kier alpha value is -2.44. The molecular weight excluding hydrogens is 422 g/mol. The van der Waals surface area contributed by atoms with Crippen molar-refractivity contribution < 1.29 is 13.6 Å². The Morgan fingerprint density at radius 3 is 2.70 bits per heavy atom. The monoisotopic (exact) mass is 458 g/mol. The molecule has 5 nitrogen and oxygen atoms in total. The minimum absolute atomic E-state index is 0.0583. The average Bonchev–Trinajstić information content (AvgIpc) is 3.20. The summed E-state index contributed by atoms with van der Waals surface area (Å²) in [6.07, 6.45) is 9.17. The summed E-state index contributed by atoms with van der Waals surface area (Å²) < 4.78 is 29.5. The van der Waals surface area contributed by atoms with E-state index in [1.54, 1.807) is 6.07 Å². The molecule has 1 saturated carbocycles. The van der Waals surface area contributed by atoms with Crippen LogP contribution in [0.4, 0.5) is 14.6 Å². The fourth-order valence-corrected chi connectivity index (χ4v) is 5.04. The first-order valence-corrected chi connectivity index (χ1v) is 12.6. The van der Waals surface area contributed by atoms with Crippen LogP contribution >= 0.6 is 0 Å². The summed E-state index contributed by atoms with van der Waals surface area (Å²) in [6.45, 7) is 6.26. The Balaban J connectivity index is 1.64. The van der Waals surface area contributed by atoms with Gasteiger partial charge in [-0.05, 0) is 68.6 Å². The molecule has 1 aliphatic heterocycles. The Labute approximate surface area is 195 Å². The fraction of sp³-hybridized carbons (Fsp3) is 0.615. The van der Waals surface area contributed by atoms with Crippen LogP contribution in [0.3, 0.4) is 0 Å². The Bertz CT molecular complexity index is 965. The second-order valence-corrected chi connectivity index (χ2v) is 9.76. The van der Waals surface area contributed by atoms with Gasteiger partial charge in [-0.25, -0.2) is 13.8 Å². The molecule has 1 aromatic heterocycles. The lowest BCUT2D eigenvalue weighted by Crippen LogP contribution is -2.39. The van der Waals surface area contributed by atoms with Gasteiger partial charge in [0.05, 0.1) is 0 Å². The molecule has 0 bridgehead atoms. The maximum atomic E-state index is 13.9. The van der Waals surface area contributed by atoms with Gasteiger partial charge in [0.15, 0.2) is 23.1 Å². The number of anilines is 1. The molecule has 1 fully saturated rings. The van der Waals surface area contributed by atoms with Gasteiger partial charge in [0.1, 0.15) is 5.82 Å². The fourth-order valence-electron chi connectivity index (χ4n) is 5.04. The summed E-state index contributed by atoms with van der Waals surface area (Å²) in [5.74, 6) is 0.584. The number of carbonyl (C=O) groups excluding carboxylic acids is 1. The highest BCUT2D eigenvalue weighted by Gasteiger charge is 2.30. The van der Waals surface area contributed by atoms with Gasteiger partial charge in [0, 0.05) is 32.1 Å². The van der Waals surface area contributed by atoms with Crippen LogP contribution in [0.25, 0.3) is 0 Å². The number of fused-ring (bicyclic) bond motifs is 1. The summed E-state index contributed by atoms with van der Waals surface area (Å²) in [5, 5.41) is 3.29. The molecular formula is C26H36F2N4O. The first-order valence-electron chi connectivity index (χ1n) is 12.6. The summed E-state index contributed by atoms with van der Waals surface area (Å²) in [5.41, 5.74) is 1.30. The van der Waals surface area contributed by atoms with E-state index in [0.29, 0.717) is 30.2 Å². The molecule has 0 unspecified atom stereocenters. The van der Waals surface area contributed by atoms with E-state index in [0.717, 1.165) is 76.1 Å². The number of aryl methyl sites for hydroxylation is 1. The van der Waals surface area contributed by atoms with E-state index in [4.69, 9.17) is 4.98 Å². The number of rotatable bonds is 8. The topological polar surface area (TPSA) is 50.2 Å². The smallest absolute Gasteiger partial charge is 0.272 e. The number of carbonyl (C=O) groups is 1. The van der Waals surface area contributed by atoms with Crippen molar-refractivity contribution in [3.63, 3.8) is 0 Å². The van der Waals surface area contributed by atoms with Crippen molar-refractivity contribution >= 4 is 11.7 Å². The normalized spacial score (nSPS) is 20.4. The highest BCUT2D eigenvalue weighted by atomic mass is 19.2. The van der Waals surface area contributed by atoms with Crippen LogP contribution in [0.15, 0.2) is 18.2 Å². The van der Waals surface area contributed by atoms with Crippen LogP contribution in [0.1, 0.15) is 87.1 Å². The Kier molecular flexibility index (Phi) is 7.66. The Morgan fingerprint density at radius 1 is 1.18 bits per heavy atom. The lowest BCUT2D eigenvalue weighted by Gasteiger charge is -2.28. The van der Waals surface area contributed by atoms with Crippen molar-refractivity contribution in [2.75, 3.05) is 11.4 Å². The standard InChI is InChI=1S/C26H36F2N4O/c1-3-4-14-31(17-19-10-13-21(27)22(28)16-19)25-24(32-15-6-5-7-23(32)30-25)26(33)29-20-11-8-18(2)9-12-20/h10,13,16,18,20H,3-9,11-12,14-15,17H2,1-2H3,(H,29,33). The summed E-state index contributed by atoms with van der Waals surface area (Å²) in [6, 6.07) is 4.22. The zero-order valence-electron chi connectivity index (χ0n) is 19.9. The Morgan fingerprint density at radius 2 is 1.97 bits per heavy atom. The second kappa shape index (κ2) is 10.7. The highest BCUT2D eigenvalue weighted by molar-refractivity contribution is 5.98. The molecule has 0 radical (unpaired) electrons. The van der Waals surface area contributed by atoms with E-state index >= 15 is 0 Å². The van der Waals surface area contributed by atoms with Gasteiger partial charge >= 0.3 is 0 Å². The van der Waals surface area contributed by atoms with Crippen LogP contribution in [0.2, 0.25) is 0 Å². The van der Waals surface area contributed by atoms with E-state index in [1.165, 1.54) is 12.1 Å². The van der Waals surface area contributed by atoms with Crippen LogP contribution in [0, 0.1) is 17.6 Å². The van der Waals surface area contributed by atoms with Crippen LogP contribution in [-0.2, 0) is 19.5 Å². The molecule has 1 aromatic carbocycles. The first kappa shape index (κ1) is 23.7. The molecule has 0 atom stereocenters. The first-order chi connectivity index (χ1) is 16.0. The van der Waals surface area contributed by atoms with Crippen LogP contribution in [0.5, 0.6) is 0 Å². The maximum absolute atomic E-state index is 13.9. The molecule has 2 aliphatic rings. The predicted molar refractivity (Wildman–Crippen MR) is 126 cm³/mol. The number of aromatic nitrogens is 2. The van der Waals surface area contributed by atoms with Crippen molar-refractivity contribution in [3.05, 3.63) is 46.9 Å². The van der Waals surface area contributed by atoms with Gasteiger partial charge in [-0.2, -0.15) is 0 Å². The van der Waals surface area contributed by atoms with Gasteiger partial charge in [-0.15, -0.1) is 0 Å². The molecule has 4 rings (SSSR count). The number of nitrogens with one attached hydrogen (secondary N) is 1. The molecule has 1 N–H and O–H groups in total. The zero-order chi connectivity index (χ0) is 23.4. The molecule has 1 aliphatic carbocycles. The largest absolute Gasteiger partial charge is 0.350 e. The lowest BCUT2D eigenvalue weighted by atomic mass is 9.87. The third-order valence-electron chi connectivity index (χ3n) is 7.07. The van der Waals surface area contributed by atoms with Gasteiger partial charge in [0.2, 0.25) is 0 Å². The molecule has 180 valence electrons. The molecule has 33 heavy (non-hydrogen) atoms. The third-order valence-corrected chi connectivity index (χ3v) is 7.07. The quantitative estimate of drug-likeness (QED) is 0.559. The number of hydrogen-bond acceptors (Lipinski definition) is 3. The number of benzene rings is 1. The second-order valence-electron chi connectivity index (χ2n) is 9.76. The zero-order valence-corrected chi connectivity index (χ0v) is 19.9. The number of nitrogens with zero attached hydrogens (tertiary/aromatic N) is 3. The highest BCUT2D eigenvalue weighted by Crippen LogP contribution is 2.29. The number of amides is 1. The van der Waals surface area contributed by atoms with Gasteiger partial charge in [-0.3, -0.25) is 4.79 Å². The minimum atomic E-state index is -0.850. The molecule has 7 heteroatoms. The maximum Gasteiger partial charge on any atom is 0.272 e. The number of halogens is 2. The number of imidazole rings is 1. The molecule has 1 amide bonds. The van der Waals surface area contributed by atoms with Crippen molar-refractivity contribution in [2.45, 2.75) is 90.8 Å². The summed E-state index contributed by atoms with van der Waals surface area (Å²) in [7, 11) is 0. The average molecular weight is 459 g/mol. The van der Waals surface area contributed by atoms with Gasteiger partial charge in [0.25, 0.3) is 5.91 Å². The predicted octanol–water partition coefficient (Wildman–Crippen LogP) is 5.61. The van der Waals surface area contributed by atoms with Gasteiger partial charge < -0.3 is 14.8 Å². The lowest BCUT2D eigenvalue weighted by molar-refractivity contribution is 0.0913. The third kappa shape index (κ3) is 5.56. The van der Waals surface area contributed by atoms with Crippen molar-refractivity contribution in [1.29, 1.82) is 0 Å².